The zero-order chi connectivity index (χ0) is 14.8. The second-order valence-electron chi connectivity index (χ2n) is 4.47. The monoisotopic (exact) mass is 316 g/mol. The minimum absolute atomic E-state index is 0.145. The van der Waals surface area contributed by atoms with Gasteiger partial charge in [0.2, 0.25) is 0 Å². The third-order valence-corrected chi connectivity index (χ3v) is 4.54. The Morgan fingerprint density at radius 2 is 2.00 bits per heavy atom. The number of hydrogen-bond acceptors (Lipinski definition) is 5. The standard InChI is InChI=1S/C15H12N2O2S2/c1-9-2-5-11(6-3-9)20-13-7-4-10(19-13)8-12-14(18)17-15(16)21-12/h2-8H,1H3,(H2,16,17,18). The summed E-state index contributed by atoms with van der Waals surface area (Å²) in [6.45, 7) is 2.05. The number of carbonyl (C=O) groups excluding carboxylic acids is 1. The van der Waals surface area contributed by atoms with E-state index in [0.717, 1.165) is 21.7 Å². The summed E-state index contributed by atoms with van der Waals surface area (Å²) >= 11 is 2.63. The van der Waals surface area contributed by atoms with Gasteiger partial charge in [-0.3, -0.25) is 10.2 Å². The number of amides is 1. The van der Waals surface area contributed by atoms with Gasteiger partial charge in [-0.25, -0.2) is 0 Å². The van der Waals surface area contributed by atoms with Crippen LogP contribution in [-0.2, 0) is 4.79 Å². The Morgan fingerprint density at radius 3 is 2.67 bits per heavy atom. The molecule has 21 heavy (non-hydrogen) atoms. The molecule has 0 atom stereocenters. The van der Waals surface area contributed by atoms with Crippen LogP contribution in [0.5, 0.6) is 0 Å². The lowest BCUT2D eigenvalue weighted by atomic mass is 10.2. The van der Waals surface area contributed by atoms with E-state index in [2.05, 4.69) is 17.4 Å². The summed E-state index contributed by atoms with van der Waals surface area (Å²) in [6.07, 6.45) is 1.65. The van der Waals surface area contributed by atoms with E-state index in [0.29, 0.717) is 10.7 Å². The van der Waals surface area contributed by atoms with Crippen molar-refractivity contribution in [3.8, 4) is 0 Å². The van der Waals surface area contributed by atoms with Crippen molar-refractivity contribution >= 4 is 40.7 Å². The number of rotatable bonds is 3. The van der Waals surface area contributed by atoms with Crippen LogP contribution in [0.25, 0.3) is 6.08 Å². The number of thioether (sulfide) groups is 1. The van der Waals surface area contributed by atoms with Crippen LogP contribution in [-0.4, -0.2) is 11.1 Å². The lowest BCUT2D eigenvalue weighted by molar-refractivity contribution is -0.115. The van der Waals surface area contributed by atoms with Crippen molar-refractivity contribution in [3.05, 3.63) is 52.6 Å². The molecule has 2 aromatic rings. The summed E-state index contributed by atoms with van der Waals surface area (Å²) in [5, 5.41) is 10.7. The van der Waals surface area contributed by atoms with Crippen molar-refractivity contribution in [2.75, 3.05) is 0 Å². The van der Waals surface area contributed by atoms with Crippen LogP contribution in [0.3, 0.4) is 0 Å². The number of furan rings is 1. The molecule has 1 aromatic heterocycles. The predicted molar refractivity (Wildman–Crippen MR) is 85.4 cm³/mol. The molecule has 3 rings (SSSR count). The van der Waals surface area contributed by atoms with E-state index in [-0.39, 0.29) is 11.1 Å². The Kier molecular flexibility index (Phi) is 3.90. The predicted octanol–water partition coefficient (Wildman–Crippen LogP) is 3.88. The average molecular weight is 316 g/mol. The molecule has 1 aromatic carbocycles. The molecule has 2 N–H and O–H groups in total. The molecule has 6 heteroatoms. The first kappa shape index (κ1) is 14.0. The molecule has 1 aliphatic rings. The normalized spacial score (nSPS) is 16.5. The molecule has 0 bridgehead atoms. The molecule has 1 aliphatic heterocycles. The third-order valence-electron chi connectivity index (χ3n) is 2.78. The fourth-order valence-corrected chi connectivity index (χ4v) is 3.22. The second-order valence-corrected chi connectivity index (χ2v) is 6.60. The second kappa shape index (κ2) is 5.83. The minimum atomic E-state index is -0.255. The molecular weight excluding hydrogens is 304 g/mol. The van der Waals surface area contributed by atoms with Crippen LogP contribution in [0.15, 0.2) is 55.7 Å². The fraction of sp³-hybridized carbons (Fsp3) is 0.0667. The van der Waals surface area contributed by atoms with Gasteiger partial charge in [0, 0.05) is 11.0 Å². The summed E-state index contributed by atoms with van der Waals surface area (Å²) in [5.74, 6) is 0.353. The van der Waals surface area contributed by atoms with Crippen LogP contribution in [0.4, 0.5) is 0 Å². The molecular formula is C15H12N2O2S2. The number of aryl methyl sites for hydroxylation is 1. The van der Waals surface area contributed by atoms with Crippen LogP contribution >= 0.6 is 23.5 Å². The largest absolute Gasteiger partial charge is 0.450 e. The Hall–Kier alpha value is -1.92. The molecule has 1 fully saturated rings. The van der Waals surface area contributed by atoms with E-state index >= 15 is 0 Å². The molecule has 0 saturated carbocycles. The highest BCUT2D eigenvalue weighted by molar-refractivity contribution is 8.18. The van der Waals surface area contributed by atoms with Crippen LogP contribution in [0, 0.1) is 12.3 Å². The van der Waals surface area contributed by atoms with Gasteiger partial charge in [0.15, 0.2) is 10.3 Å². The van der Waals surface area contributed by atoms with Gasteiger partial charge in [-0.1, -0.05) is 29.5 Å². The van der Waals surface area contributed by atoms with Gasteiger partial charge in [-0.15, -0.1) is 0 Å². The lowest BCUT2D eigenvalue weighted by Gasteiger charge is -1.98. The number of nitrogens with one attached hydrogen (secondary N) is 2. The maximum Gasteiger partial charge on any atom is 0.264 e. The van der Waals surface area contributed by atoms with Crippen LogP contribution in [0.1, 0.15) is 11.3 Å². The maximum atomic E-state index is 11.5. The minimum Gasteiger partial charge on any atom is -0.450 e. The van der Waals surface area contributed by atoms with E-state index in [1.165, 1.54) is 17.3 Å². The SMILES string of the molecule is Cc1ccc(Sc2ccc(C=C3SC(=N)NC3=O)o2)cc1. The smallest absolute Gasteiger partial charge is 0.264 e. The highest BCUT2D eigenvalue weighted by Crippen LogP contribution is 2.31. The molecule has 2 heterocycles. The average Bonchev–Trinajstić information content (AvgIpc) is 3.00. The quantitative estimate of drug-likeness (QED) is 0.843. The van der Waals surface area contributed by atoms with E-state index in [4.69, 9.17) is 9.83 Å². The van der Waals surface area contributed by atoms with E-state index in [9.17, 15) is 4.79 Å². The summed E-state index contributed by atoms with van der Waals surface area (Å²) in [4.78, 5) is 13.1. The van der Waals surface area contributed by atoms with Gasteiger partial charge in [-0.05, 0) is 43.0 Å². The molecule has 1 amide bonds. The molecule has 0 radical (unpaired) electrons. The molecule has 0 aliphatic carbocycles. The Bertz CT molecular complexity index is 732. The Labute approximate surface area is 130 Å². The molecule has 0 spiro atoms. The molecule has 0 unspecified atom stereocenters. The summed E-state index contributed by atoms with van der Waals surface area (Å²) in [7, 11) is 0. The van der Waals surface area contributed by atoms with Crippen molar-refractivity contribution < 1.29 is 9.21 Å². The first-order chi connectivity index (χ1) is 10.1. The topological polar surface area (TPSA) is 66.1 Å². The van der Waals surface area contributed by atoms with E-state index in [1.807, 2.05) is 31.2 Å². The zero-order valence-electron chi connectivity index (χ0n) is 11.2. The van der Waals surface area contributed by atoms with E-state index in [1.54, 1.807) is 6.08 Å². The third kappa shape index (κ3) is 3.40. The van der Waals surface area contributed by atoms with Crippen molar-refractivity contribution in [2.45, 2.75) is 16.9 Å². The number of carbonyl (C=O) groups is 1. The zero-order valence-corrected chi connectivity index (χ0v) is 12.8. The van der Waals surface area contributed by atoms with Gasteiger partial charge < -0.3 is 9.73 Å². The number of benzene rings is 1. The van der Waals surface area contributed by atoms with Crippen molar-refractivity contribution in [3.63, 3.8) is 0 Å². The number of hydrogen-bond donors (Lipinski definition) is 2. The van der Waals surface area contributed by atoms with E-state index < -0.39 is 0 Å². The summed E-state index contributed by atoms with van der Waals surface area (Å²) in [5.41, 5.74) is 1.22. The summed E-state index contributed by atoms with van der Waals surface area (Å²) < 4.78 is 5.69. The van der Waals surface area contributed by atoms with Gasteiger partial charge in [-0.2, -0.15) is 0 Å². The summed E-state index contributed by atoms with van der Waals surface area (Å²) in [6, 6.07) is 11.9. The molecule has 4 nitrogen and oxygen atoms in total. The molecule has 106 valence electrons. The van der Waals surface area contributed by atoms with Gasteiger partial charge in [0.1, 0.15) is 5.76 Å². The first-order valence-electron chi connectivity index (χ1n) is 6.24. The maximum absolute atomic E-state index is 11.5. The highest BCUT2D eigenvalue weighted by Gasteiger charge is 2.22. The van der Waals surface area contributed by atoms with Crippen LogP contribution in [0.2, 0.25) is 0 Å². The van der Waals surface area contributed by atoms with Gasteiger partial charge >= 0.3 is 0 Å². The van der Waals surface area contributed by atoms with Gasteiger partial charge in [0.05, 0.1) is 4.91 Å². The fourth-order valence-electron chi connectivity index (χ4n) is 1.76. The van der Waals surface area contributed by atoms with Crippen molar-refractivity contribution in [1.82, 2.24) is 5.32 Å². The Balaban J connectivity index is 1.74. The van der Waals surface area contributed by atoms with Gasteiger partial charge in [0.25, 0.3) is 5.91 Å². The molecule has 1 saturated heterocycles. The van der Waals surface area contributed by atoms with Crippen molar-refractivity contribution in [2.24, 2.45) is 0 Å². The van der Waals surface area contributed by atoms with Crippen molar-refractivity contribution in [1.29, 1.82) is 5.41 Å². The highest BCUT2D eigenvalue weighted by atomic mass is 32.2. The first-order valence-corrected chi connectivity index (χ1v) is 7.87. The Morgan fingerprint density at radius 1 is 1.24 bits per heavy atom. The van der Waals surface area contributed by atoms with Crippen LogP contribution < -0.4 is 5.32 Å². The lowest BCUT2D eigenvalue weighted by Crippen LogP contribution is -2.18. The number of amidine groups is 1.